The number of halogens is 2. The molecular formula is C10H12BrFN2O2S. The van der Waals surface area contributed by atoms with E-state index >= 15 is 0 Å². The molecule has 2 rings (SSSR count). The van der Waals surface area contributed by atoms with Crippen molar-refractivity contribution in [3.8, 4) is 0 Å². The molecule has 0 heterocycles. The van der Waals surface area contributed by atoms with E-state index in [0.717, 1.165) is 6.07 Å². The first-order valence-corrected chi connectivity index (χ1v) is 7.39. The fourth-order valence-corrected chi connectivity index (χ4v) is 3.21. The number of sulfonamides is 1. The van der Waals surface area contributed by atoms with Crippen LogP contribution in [-0.2, 0) is 10.0 Å². The summed E-state index contributed by atoms with van der Waals surface area (Å²) in [6, 6.07) is 3.64. The number of nitrogens with one attached hydrogen (secondary N) is 1. The lowest BCUT2D eigenvalue weighted by Crippen LogP contribution is -2.50. The molecule has 94 valence electrons. The highest BCUT2D eigenvalue weighted by Gasteiger charge is 2.30. The quantitative estimate of drug-likeness (QED) is 0.882. The molecule has 0 spiro atoms. The summed E-state index contributed by atoms with van der Waals surface area (Å²) in [5.41, 5.74) is 5.57. The molecule has 3 N–H and O–H groups in total. The Labute approximate surface area is 108 Å². The van der Waals surface area contributed by atoms with Gasteiger partial charge in [-0.15, -0.1) is 0 Å². The van der Waals surface area contributed by atoms with Gasteiger partial charge in [-0.25, -0.2) is 17.5 Å². The topological polar surface area (TPSA) is 72.2 Å². The third kappa shape index (κ3) is 2.85. The Balaban J connectivity index is 2.17. The van der Waals surface area contributed by atoms with Crippen LogP contribution in [-0.4, -0.2) is 20.5 Å². The number of nitrogens with two attached hydrogens (primary N) is 1. The second-order valence-corrected chi connectivity index (χ2v) is 6.69. The predicted molar refractivity (Wildman–Crippen MR) is 65.4 cm³/mol. The van der Waals surface area contributed by atoms with Crippen LogP contribution in [0.5, 0.6) is 0 Å². The minimum absolute atomic E-state index is 0.0596. The zero-order valence-electron chi connectivity index (χ0n) is 8.86. The fraction of sp³-hybridized carbons (Fsp3) is 0.400. The molecule has 1 saturated carbocycles. The Hall–Kier alpha value is -0.500. The van der Waals surface area contributed by atoms with Crippen molar-refractivity contribution in [2.45, 2.75) is 29.8 Å². The van der Waals surface area contributed by atoms with Gasteiger partial charge in [0.25, 0.3) is 0 Å². The monoisotopic (exact) mass is 322 g/mol. The van der Waals surface area contributed by atoms with Crippen LogP contribution >= 0.6 is 15.9 Å². The maximum atomic E-state index is 13.2. The molecule has 17 heavy (non-hydrogen) atoms. The summed E-state index contributed by atoms with van der Waals surface area (Å²) >= 11 is 2.97. The molecule has 0 bridgehead atoms. The molecule has 0 amide bonds. The Morgan fingerprint density at radius 1 is 1.41 bits per heavy atom. The summed E-state index contributed by atoms with van der Waals surface area (Å²) in [5, 5.41) is 0. The molecule has 0 aliphatic heterocycles. The lowest BCUT2D eigenvalue weighted by molar-refractivity contribution is 0.327. The Morgan fingerprint density at radius 2 is 2.06 bits per heavy atom. The molecule has 1 aliphatic carbocycles. The molecule has 1 aromatic rings. The van der Waals surface area contributed by atoms with Gasteiger partial charge in [-0.05, 0) is 47.0 Å². The van der Waals surface area contributed by atoms with E-state index in [9.17, 15) is 12.8 Å². The van der Waals surface area contributed by atoms with Crippen molar-refractivity contribution in [3.05, 3.63) is 28.5 Å². The molecule has 0 unspecified atom stereocenters. The van der Waals surface area contributed by atoms with Crippen molar-refractivity contribution in [2.24, 2.45) is 5.73 Å². The highest BCUT2D eigenvalue weighted by atomic mass is 79.9. The second kappa shape index (κ2) is 4.64. The largest absolute Gasteiger partial charge is 0.328 e. The fourth-order valence-electron chi connectivity index (χ4n) is 1.69. The summed E-state index contributed by atoms with van der Waals surface area (Å²) in [7, 11) is -3.65. The van der Waals surface area contributed by atoms with E-state index in [1.165, 1.54) is 12.1 Å². The normalized spacial score (nSPS) is 24.4. The average Bonchev–Trinajstić information content (AvgIpc) is 2.19. The van der Waals surface area contributed by atoms with Gasteiger partial charge in [-0.3, -0.25) is 0 Å². The SMILES string of the molecule is NC1CC(NS(=O)(=O)c2ccc(Br)c(F)c2)C1. The summed E-state index contributed by atoms with van der Waals surface area (Å²) in [6.45, 7) is 0. The molecule has 1 aliphatic rings. The van der Waals surface area contributed by atoms with Gasteiger partial charge in [-0.1, -0.05) is 0 Å². The summed E-state index contributed by atoms with van der Waals surface area (Å²) in [5.74, 6) is -0.599. The van der Waals surface area contributed by atoms with Crippen molar-refractivity contribution >= 4 is 26.0 Å². The first kappa shape index (κ1) is 12.9. The van der Waals surface area contributed by atoms with Crippen LogP contribution < -0.4 is 10.5 Å². The molecule has 1 fully saturated rings. The van der Waals surface area contributed by atoms with E-state index in [4.69, 9.17) is 5.73 Å². The lowest BCUT2D eigenvalue weighted by atomic mass is 9.89. The van der Waals surface area contributed by atoms with Gasteiger partial charge >= 0.3 is 0 Å². The maximum absolute atomic E-state index is 13.2. The van der Waals surface area contributed by atoms with Crippen LogP contribution in [0.3, 0.4) is 0 Å². The minimum Gasteiger partial charge on any atom is -0.328 e. The lowest BCUT2D eigenvalue weighted by Gasteiger charge is -2.32. The second-order valence-electron chi connectivity index (χ2n) is 4.13. The number of benzene rings is 1. The number of rotatable bonds is 3. The number of hydrogen-bond acceptors (Lipinski definition) is 3. The van der Waals surface area contributed by atoms with Gasteiger partial charge in [0, 0.05) is 12.1 Å². The van der Waals surface area contributed by atoms with E-state index in [0.29, 0.717) is 12.8 Å². The standard InChI is InChI=1S/C10H12BrFN2O2S/c11-9-2-1-8(5-10(9)12)17(15,16)14-7-3-6(13)4-7/h1-2,5-7,14H,3-4,13H2. The molecule has 0 radical (unpaired) electrons. The Morgan fingerprint density at radius 3 is 2.59 bits per heavy atom. The smallest absolute Gasteiger partial charge is 0.240 e. The predicted octanol–water partition coefficient (Wildman–Crippen LogP) is 1.36. The Bertz CT molecular complexity index is 529. The average molecular weight is 323 g/mol. The molecule has 1 aromatic carbocycles. The first-order valence-electron chi connectivity index (χ1n) is 5.11. The summed E-state index contributed by atoms with van der Waals surface area (Å²) in [4.78, 5) is -0.0707. The molecule has 4 nitrogen and oxygen atoms in total. The van der Waals surface area contributed by atoms with Crippen LogP contribution in [0.1, 0.15) is 12.8 Å². The first-order chi connectivity index (χ1) is 7.88. The highest BCUT2D eigenvalue weighted by molar-refractivity contribution is 9.10. The van der Waals surface area contributed by atoms with Gasteiger partial charge in [0.15, 0.2) is 0 Å². The van der Waals surface area contributed by atoms with Crippen molar-refractivity contribution < 1.29 is 12.8 Å². The van der Waals surface area contributed by atoms with Crippen molar-refractivity contribution in [2.75, 3.05) is 0 Å². The van der Waals surface area contributed by atoms with Crippen LogP contribution in [0.25, 0.3) is 0 Å². The van der Waals surface area contributed by atoms with Crippen LogP contribution in [0, 0.1) is 5.82 Å². The van der Waals surface area contributed by atoms with Gasteiger partial charge in [-0.2, -0.15) is 0 Å². The molecule has 7 heteroatoms. The van der Waals surface area contributed by atoms with Crippen molar-refractivity contribution in [1.82, 2.24) is 4.72 Å². The minimum atomic E-state index is -3.65. The van der Waals surface area contributed by atoms with Crippen LogP contribution in [0.4, 0.5) is 4.39 Å². The zero-order chi connectivity index (χ0) is 12.6. The van der Waals surface area contributed by atoms with Crippen LogP contribution in [0.2, 0.25) is 0 Å². The third-order valence-corrected chi connectivity index (χ3v) is 4.86. The Kier molecular flexibility index (Phi) is 3.53. The van der Waals surface area contributed by atoms with Gasteiger partial charge in [0.1, 0.15) is 5.82 Å². The van der Waals surface area contributed by atoms with Crippen molar-refractivity contribution in [1.29, 1.82) is 0 Å². The van der Waals surface area contributed by atoms with Gasteiger partial charge in [0.2, 0.25) is 10.0 Å². The van der Waals surface area contributed by atoms with Gasteiger partial charge in [0.05, 0.1) is 9.37 Å². The van der Waals surface area contributed by atoms with E-state index in [1.54, 1.807) is 0 Å². The molecule has 0 atom stereocenters. The third-order valence-electron chi connectivity index (χ3n) is 2.70. The highest BCUT2D eigenvalue weighted by Crippen LogP contribution is 2.23. The van der Waals surface area contributed by atoms with Crippen LogP contribution in [0.15, 0.2) is 27.6 Å². The summed E-state index contributed by atoms with van der Waals surface area (Å²) < 4.78 is 39.7. The van der Waals surface area contributed by atoms with E-state index in [1.807, 2.05) is 0 Å². The van der Waals surface area contributed by atoms with Gasteiger partial charge < -0.3 is 5.73 Å². The zero-order valence-corrected chi connectivity index (χ0v) is 11.3. The molecule has 0 saturated heterocycles. The van der Waals surface area contributed by atoms with E-state index < -0.39 is 15.8 Å². The molecular weight excluding hydrogens is 311 g/mol. The van der Waals surface area contributed by atoms with E-state index in [-0.39, 0.29) is 21.5 Å². The van der Waals surface area contributed by atoms with Crippen molar-refractivity contribution in [3.63, 3.8) is 0 Å². The molecule has 0 aromatic heterocycles. The van der Waals surface area contributed by atoms with E-state index in [2.05, 4.69) is 20.7 Å². The maximum Gasteiger partial charge on any atom is 0.240 e. The number of hydrogen-bond donors (Lipinski definition) is 2. The summed E-state index contributed by atoms with van der Waals surface area (Å²) in [6.07, 6.45) is 1.25.